The van der Waals surface area contributed by atoms with Crippen LogP contribution in [0.1, 0.15) is 59.3 Å². The molecule has 2 aliphatic rings. The van der Waals surface area contributed by atoms with Crippen LogP contribution in [0.25, 0.3) is 0 Å². The first-order valence-corrected chi connectivity index (χ1v) is 7.94. The van der Waals surface area contributed by atoms with E-state index in [-0.39, 0.29) is 11.9 Å². The highest BCUT2D eigenvalue weighted by atomic mass is 16.6. The summed E-state index contributed by atoms with van der Waals surface area (Å²) in [5.41, 5.74) is -0.998. The number of hydrogen-bond acceptors (Lipinski definition) is 4. The molecule has 5 heteroatoms. The molecule has 0 aromatic carbocycles. The number of aliphatic carboxylic acids is 1. The molecule has 0 aromatic heterocycles. The van der Waals surface area contributed by atoms with E-state index in [1.807, 2.05) is 20.8 Å². The molecular formula is C16H27NO4. The summed E-state index contributed by atoms with van der Waals surface area (Å²) in [6.45, 7) is 6.24. The van der Waals surface area contributed by atoms with Crippen LogP contribution in [0.4, 0.5) is 0 Å². The number of rotatable bonds is 3. The molecule has 120 valence electrons. The summed E-state index contributed by atoms with van der Waals surface area (Å²) >= 11 is 0. The van der Waals surface area contributed by atoms with Gasteiger partial charge in [-0.2, -0.15) is 0 Å². The van der Waals surface area contributed by atoms with E-state index in [1.54, 1.807) is 0 Å². The Morgan fingerprint density at radius 3 is 2.29 bits per heavy atom. The Bertz CT molecular complexity index is 407. The normalized spacial score (nSPS) is 29.1. The van der Waals surface area contributed by atoms with Gasteiger partial charge in [-0.25, -0.2) is 0 Å². The molecule has 1 heterocycles. The average Bonchev–Trinajstić information content (AvgIpc) is 2.87. The molecule has 2 atom stereocenters. The molecule has 2 N–H and O–H groups in total. The minimum absolute atomic E-state index is 0.0637. The third kappa shape index (κ3) is 3.57. The Morgan fingerprint density at radius 2 is 1.81 bits per heavy atom. The third-order valence-electron chi connectivity index (χ3n) is 4.76. The van der Waals surface area contributed by atoms with Crippen LogP contribution < -0.4 is 5.32 Å². The minimum atomic E-state index is -0.826. The highest BCUT2D eigenvalue weighted by Gasteiger charge is 2.51. The van der Waals surface area contributed by atoms with Gasteiger partial charge in [-0.15, -0.1) is 0 Å². The topological polar surface area (TPSA) is 75.6 Å². The summed E-state index contributed by atoms with van der Waals surface area (Å²) in [6, 6.07) is -0.531. The molecule has 0 radical (unpaired) electrons. The van der Waals surface area contributed by atoms with E-state index in [9.17, 15) is 9.59 Å². The Balaban J connectivity index is 2.18. The fourth-order valence-electron chi connectivity index (χ4n) is 3.69. The largest absolute Gasteiger partial charge is 0.480 e. The number of carboxylic acids is 1. The number of carbonyl (C=O) groups excluding carboxylic acids is 1. The van der Waals surface area contributed by atoms with Crippen LogP contribution in [-0.4, -0.2) is 35.2 Å². The van der Waals surface area contributed by atoms with Crippen LogP contribution in [-0.2, 0) is 14.3 Å². The Morgan fingerprint density at radius 1 is 1.19 bits per heavy atom. The number of carboxylic acid groups (broad SMARTS) is 1. The van der Waals surface area contributed by atoms with E-state index < -0.39 is 23.0 Å². The van der Waals surface area contributed by atoms with Crippen molar-refractivity contribution >= 4 is 11.9 Å². The molecule has 0 amide bonds. The summed E-state index contributed by atoms with van der Waals surface area (Å²) < 4.78 is 5.67. The molecular weight excluding hydrogens is 270 g/mol. The van der Waals surface area contributed by atoms with E-state index >= 15 is 0 Å². The first-order valence-electron chi connectivity index (χ1n) is 7.94. The van der Waals surface area contributed by atoms with Crippen LogP contribution in [0.2, 0.25) is 0 Å². The fraction of sp³-hybridized carbons (Fsp3) is 0.875. The number of ether oxygens (including phenoxy) is 1. The SMILES string of the molecule is CC(C)(C)OC(=O)C1(C2CNC(C(=O)O)C2)CCCCC1. The van der Waals surface area contributed by atoms with Crippen molar-refractivity contribution < 1.29 is 19.4 Å². The fourth-order valence-corrected chi connectivity index (χ4v) is 3.69. The molecule has 2 rings (SSSR count). The van der Waals surface area contributed by atoms with Gasteiger partial charge in [0, 0.05) is 0 Å². The number of carbonyl (C=O) groups is 2. The molecule has 5 nitrogen and oxygen atoms in total. The lowest BCUT2D eigenvalue weighted by Crippen LogP contribution is -2.45. The summed E-state index contributed by atoms with van der Waals surface area (Å²) in [5.74, 6) is -0.895. The Kier molecular flexibility index (Phi) is 4.61. The lowest BCUT2D eigenvalue weighted by atomic mass is 9.65. The smallest absolute Gasteiger partial charge is 0.320 e. The lowest BCUT2D eigenvalue weighted by Gasteiger charge is -2.41. The molecule has 0 bridgehead atoms. The van der Waals surface area contributed by atoms with Crippen molar-refractivity contribution in [1.82, 2.24) is 5.32 Å². The predicted molar refractivity (Wildman–Crippen MR) is 78.9 cm³/mol. The molecule has 1 aliphatic heterocycles. The maximum absolute atomic E-state index is 12.8. The molecule has 21 heavy (non-hydrogen) atoms. The van der Waals surface area contributed by atoms with Crippen molar-refractivity contribution in [3.8, 4) is 0 Å². The molecule has 0 spiro atoms. The van der Waals surface area contributed by atoms with Crippen LogP contribution in [0, 0.1) is 11.3 Å². The molecule has 1 aliphatic carbocycles. The van der Waals surface area contributed by atoms with Gasteiger partial charge in [-0.05, 0) is 52.5 Å². The monoisotopic (exact) mass is 297 g/mol. The summed E-state index contributed by atoms with van der Waals surface area (Å²) in [6.07, 6.45) is 5.35. The molecule has 1 saturated heterocycles. The van der Waals surface area contributed by atoms with Gasteiger partial charge >= 0.3 is 11.9 Å². The van der Waals surface area contributed by atoms with E-state index in [1.165, 1.54) is 0 Å². The predicted octanol–water partition coefficient (Wildman–Crippen LogP) is 2.34. The molecule has 0 aromatic rings. The zero-order chi connectivity index (χ0) is 15.7. The van der Waals surface area contributed by atoms with Crippen LogP contribution in [0.15, 0.2) is 0 Å². The average molecular weight is 297 g/mol. The van der Waals surface area contributed by atoms with Crippen molar-refractivity contribution in [3.63, 3.8) is 0 Å². The van der Waals surface area contributed by atoms with E-state index in [4.69, 9.17) is 9.84 Å². The van der Waals surface area contributed by atoms with Crippen molar-refractivity contribution in [2.45, 2.75) is 70.9 Å². The molecule has 2 fully saturated rings. The zero-order valence-corrected chi connectivity index (χ0v) is 13.3. The van der Waals surface area contributed by atoms with Crippen molar-refractivity contribution in [2.75, 3.05) is 6.54 Å². The highest BCUT2D eigenvalue weighted by Crippen LogP contribution is 2.47. The first-order chi connectivity index (χ1) is 9.74. The highest BCUT2D eigenvalue weighted by molar-refractivity contribution is 5.79. The first kappa shape index (κ1) is 16.3. The zero-order valence-electron chi connectivity index (χ0n) is 13.3. The molecule has 2 unspecified atom stereocenters. The number of nitrogens with one attached hydrogen (secondary N) is 1. The van der Waals surface area contributed by atoms with Gasteiger partial charge in [-0.1, -0.05) is 19.3 Å². The summed E-state index contributed by atoms with van der Waals surface area (Å²) in [5, 5.41) is 12.2. The maximum Gasteiger partial charge on any atom is 0.320 e. The second-order valence-corrected chi connectivity index (χ2v) is 7.45. The summed E-state index contributed by atoms with van der Waals surface area (Å²) in [7, 11) is 0. The Hall–Kier alpha value is -1.10. The Labute approximate surface area is 126 Å². The quantitative estimate of drug-likeness (QED) is 0.782. The van der Waals surface area contributed by atoms with Gasteiger partial charge in [0.15, 0.2) is 0 Å². The van der Waals surface area contributed by atoms with Crippen LogP contribution in [0.3, 0.4) is 0 Å². The maximum atomic E-state index is 12.8. The van der Waals surface area contributed by atoms with Gasteiger partial charge in [0.05, 0.1) is 5.41 Å². The van der Waals surface area contributed by atoms with Crippen molar-refractivity contribution in [1.29, 1.82) is 0 Å². The second-order valence-electron chi connectivity index (χ2n) is 7.45. The van der Waals surface area contributed by atoms with Crippen molar-refractivity contribution in [3.05, 3.63) is 0 Å². The van der Waals surface area contributed by atoms with E-state index in [0.717, 1.165) is 32.1 Å². The van der Waals surface area contributed by atoms with Gasteiger partial charge in [0.1, 0.15) is 11.6 Å². The molecule has 1 saturated carbocycles. The van der Waals surface area contributed by atoms with E-state index in [2.05, 4.69) is 5.32 Å². The van der Waals surface area contributed by atoms with Crippen LogP contribution in [0.5, 0.6) is 0 Å². The van der Waals surface area contributed by atoms with Gasteiger partial charge < -0.3 is 15.2 Å². The van der Waals surface area contributed by atoms with Crippen molar-refractivity contribution in [2.24, 2.45) is 11.3 Å². The summed E-state index contributed by atoms with van der Waals surface area (Å²) in [4.78, 5) is 24.0. The minimum Gasteiger partial charge on any atom is -0.480 e. The van der Waals surface area contributed by atoms with Gasteiger partial charge in [0.25, 0.3) is 0 Å². The van der Waals surface area contributed by atoms with Crippen LogP contribution >= 0.6 is 0 Å². The number of esters is 1. The second kappa shape index (κ2) is 5.95. The number of hydrogen-bond donors (Lipinski definition) is 2. The van der Waals surface area contributed by atoms with Gasteiger partial charge in [-0.3, -0.25) is 9.59 Å². The standard InChI is InChI=1S/C16H27NO4/c1-15(2,3)21-14(20)16(7-5-4-6-8-16)11-9-12(13(18)19)17-10-11/h11-12,17H,4-10H2,1-3H3,(H,18,19). The van der Waals surface area contributed by atoms with Gasteiger partial charge in [0.2, 0.25) is 0 Å². The van der Waals surface area contributed by atoms with E-state index in [0.29, 0.717) is 13.0 Å². The third-order valence-corrected chi connectivity index (χ3v) is 4.76. The lowest BCUT2D eigenvalue weighted by molar-refractivity contribution is -0.174.